The fraction of sp³-hybridized carbons (Fsp3) is 0.538. The first-order valence-electron chi connectivity index (χ1n) is 6.25. The maximum atomic E-state index is 11.6. The zero-order chi connectivity index (χ0) is 14.2. The molecule has 0 radical (unpaired) electrons. The van der Waals surface area contributed by atoms with E-state index in [2.05, 4.69) is 20.8 Å². The Balaban J connectivity index is 2.28. The van der Waals surface area contributed by atoms with E-state index in [1.807, 2.05) is 25.1 Å². The number of anilines is 1. The van der Waals surface area contributed by atoms with Crippen LogP contribution in [0.2, 0.25) is 0 Å². The van der Waals surface area contributed by atoms with Crippen molar-refractivity contribution in [1.29, 1.82) is 0 Å². The molecule has 1 saturated heterocycles. The molecule has 0 bridgehead atoms. The smallest absolute Gasteiger partial charge is 0.154 e. The molecule has 1 aromatic carbocycles. The van der Waals surface area contributed by atoms with Crippen LogP contribution < -0.4 is 4.90 Å². The Hall–Kier alpha value is -0.590. The van der Waals surface area contributed by atoms with Gasteiger partial charge in [-0.05, 0) is 47.5 Å². The van der Waals surface area contributed by atoms with Crippen molar-refractivity contribution in [2.75, 3.05) is 23.0 Å². The lowest BCUT2D eigenvalue weighted by molar-refractivity contribution is 0.199. The fourth-order valence-corrected chi connectivity index (χ4v) is 4.55. The molecular formula is C13H18BrNO3S. The Labute approximate surface area is 122 Å². The zero-order valence-electron chi connectivity index (χ0n) is 11.0. The normalized spacial score (nSPS) is 24.2. The van der Waals surface area contributed by atoms with Crippen LogP contribution in [0.5, 0.6) is 0 Å². The van der Waals surface area contributed by atoms with Gasteiger partial charge in [0.25, 0.3) is 0 Å². The zero-order valence-corrected chi connectivity index (χ0v) is 13.4. The number of aliphatic hydroxyl groups is 1. The lowest BCUT2D eigenvalue weighted by Gasteiger charge is -2.35. The van der Waals surface area contributed by atoms with Crippen LogP contribution in [0.15, 0.2) is 22.7 Å². The van der Waals surface area contributed by atoms with Crippen molar-refractivity contribution in [1.82, 2.24) is 0 Å². The van der Waals surface area contributed by atoms with E-state index >= 15 is 0 Å². The van der Waals surface area contributed by atoms with Crippen LogP contribution in [-0.2, 0) is 9.84 Å². The van der Waals surface area contributed by atoms with Crippen molar-refractivity contribution < 1.29 is 13.5 Å². The number of sulfone groups is 1. The maximum absolute atomic E-state index is 11.6. The summed E-state index contributed by atoms with van der Waals surface area (Å²) in [5.41, 5.74) is 1.82. The average molecular weight is 348 g/mol. The molecule has 1 N–H and O–H groups in total. The van der Waals surface area contributed by atoms with E-state index in [1.165, 1.54) is 0 Å². The molecule has 6 heteroatoms. The minimum atomic E-state index is -2.90. The average Bonchev–Trinajstić information content (AvgIpc) is 2.29. The van der Waals surface area contributed by atoms with Gasteiger partial charge in [-0.2, -0.15) is 0 Å². The Morgan fingerprint density at radius 1 is 1.47 bits per heavy atom. The second-order valence-corrected chi connectivity index (χ2v) is 8.13. The van der Waals surface area contributed by atoms with Crippen LogP contribution >= 0.6 is 15.9 Å². The number of aliphatic hydroxyl groups excluding tert-OH is 1. The Bertz CT molecular complexity index is 571. The molecule has 2 rings (SSSR count). The van der Waals surface area contributed by atoms with E-state index in [0.717, 1.165) is 15.7 Å². The van der Waals surface area contributed by atoms with Crippen molar-refractivity contribution in [3.05, 3.63) is 28.2 Å². The molecule has 0 aliphatic carbocycles. The highest BCUT2D eigenvalue weighted by atomic mass is 79.9. The van der Waals surface area contributed by atoms with Gasteiger partial charge in [0.15, 0.2) is 9.84 Å². The second-order valence-electron chi connectivity index (χ2n) is 5.04. The van der Waals surface area contributed by atoms with Gasteiger partial charge in [-0.15, -0.1) is 0 Å². The Kier molecular flexibility index (Phi) is 4.23. The topological polar surface area (TPSA) is 57.6 Å². The van der Waals surface area contributed by atoms with Crippen LogP contribution in [-0.4, -0.2) is 37.6 Å². The Morgan fingerprint density at radius 3 is 2.68 bits per heavy atom. The summed E-state index contributed by atoms with van der Waals surface area (Å²) in [4.78, 5) is 2.09. The van der Waals surface area contributed by atoms with Gasteiger partial charge >= 0.3 is 0 Å². The molecule has 1 aliphatic heterocycles. The number of benzene rings is 1. The van der Waals surface area contributed by atoms with Gasteiger partial charge in [0.2, 0.25) is 0 Å². The lowest BCUT2D eigenvalue weighted by atomic mass is 10.1. The van der Waals surface area contributed by atoms with Crippen molar-refractivity contribution in [3.8, 4) is 0 Å². The number of hydrogen-bond donors (Lipinski definition) is 1. The largest absolute Gasteiger partial charge is 0.389 e. The summed E-state index contributed by atoms with van der Waals surface area (Å²) in [5, 5.41) is 9.56. The molecule has 1 fully saturated rings. The third-order valence-electron chi connectivity index (χ3n) is 3.43. The summed E-state index contributed by atoms with van der Waals surface area (Å²) in [6.07, 6.45) is -0.510. The van der Waals surface area contributed by atoms with E-state index in [-0.39, 0.29) is 17.5 Å². The van der Waals surface area contributed by atoms with E-state index < -0.39 is 15.9 Å². The SMILES string of the molecule is CC1CS(=O)(=O)CCN1c1ccc([C@@H](C)O)cc1Br. The molecule has 19 heavy (non-hydrogen) atoms. The molecule has 1 heterocycles. The fourth-order valence-electron chi connectivity index (χ4n) is 2.37. The molecule has 106 valence electrons. The molecule has 0 amide bonds. The third-order valence-corrected chi connectivity index (χ3v) is 5.86. The molecule has 1 unspecified atom stereocenters. The van der Waals surface area contributed by atoms with Gasteiger partial charge in [0, 0.05) is 17.1 Å². The summed E-state index contributed by atoms with van der Waals surface area (Å²) in [6, 6.07) is 5.66. The van der Waals surface area contributed by atoms with E-state index in [1.54, 1.807) is 6.92 Å². The summed E-state index contributed by atoms with van der Waals surface area (Å²) < 4.78 is 24.1. The monoisotopic (exact) mass is 347 g/mol. The molecule has 0 saturated carbocycles. The van der Waals surface area contributed by atoms with Gasteiger partial charge in [-0.3, -0.25) is 0 Å². The minimum Gasteiger partial charge on any atom is -0.389 e. The number of rotatable bonds is 2. The maximum Gasteiger partial charge on any atom is 0.154 e. The Morgan fingerprint density at radius 2 is 2.16 bits per heavy atom. The van der Waals surface area contributed by atoms with Gasteiger partial charge in [0.05, 0.1) is 23.3 Å². The predicted octanol–water partition coefficient (Wildman–Crippen LogP) is 2.13. The number of nitrogens with zero attached hydrogens (tertiary/aromatic N) is 1. The van der Waals surface area contributed by atoms with Crippen molar-refractivity contribution in [2.45, 2.75) is 26.0 Å². The van der Waals surface area contributed by atoms with Crippen LogP contribution in [0.3, 0.4) is 0 Å². The number of hydrogen-bond acceptors (Lipinski definition) is 4. The first-order chi connectivity index (χ1) is 8.80. The second kappa shape index (κ2) is 5.42. The molecule has 2 atom stereocenters. The summed E-state index contributed by atoms with van der Waals surface area (Å²) in [5.74, 6) is 0.388. The first-order valence-corrected chi connectivity index (χ1v) is 8.86. The van der Waals surface area contributed by atoms with Crippen molar-refractivity contribution in [3.63, 3.8) is 0 Å². The van der Waals surface area contributed by atoms with Gasteiger partial charge in [0.1, 0.15) is 0 Å². The highest BCUT2D eigenvalue weighted by molar-refractivity contribution is 9.10. The standard InChI is InChI=1S/C13H18BrNO3S/c1-9-8-19(17,18)6-5-15(9)13-4-3-11(10(2)16)7-12(13)14/h3-4,7,9-10,16H,5-6,8H2,1-2H3/t9?,10-/m1/s1. The van der Waals surface area contributed by atoms with Crippen LogP contribution in [0, 0.1) is 0 Å². The van der Waals surface area contributed by atoms with Gasteiger partial charge in [-0.1, -0.05) is 6.07 Å². The van der Waals surface area contributed by atoms with E-state index in [9.17, 15) is 13.5 Å². The molecular weight excluding hydrogens is 330 g/mol. The summed E-state index contributed by atoms with van der Waals surface area (Å²) in [6.45, 7) is 4.15. The molecule has 4 nitrogen and oxygen atoms in total. The van der Waals surface area contributed by atoms with Crippen LogP contribution in [0.25, 0.3) is 0 Å². The molecule has 1 aromatic rings. The predicted molar refractivity (Wildman–Crippen MR) is 80.2 cm³/mol. The highest BCUT2D eigenvalue weighted by Gasteiger charge is 2.29. The van der Waals surface area contributed by atoms with Gasteiger partial charge < -0.3 is 10.0 Å². The van der Waals surface area contributed by atoms with Gasteiger partial charge in [-0.25, -0.2) is 8.42 Å². The summed E-state index contributed by atoms with van der Waals surface area (Å²) in [7, 11) is -2.90. The third kappa shape index (κ3) is 3.30. The minimum absolute atomic E-state index is 0.0348. The van der Waals surface area contributed by atoms with Crippen molar-refractivity contribution in [2.24, 2.45) is 0 Å². The lowest BCUT2D eigenvalue weighted by Crippen LogP contribution is -2.47. The van der Waals surface area contributed by atoms with Crippen molar-refractivity contribution >= 4 is 31.5 Å². The van der Waals surface area contributed by atoms with Crippen LogP contribution in [0.1, 0.15) is 25.5 Å². The molecule has 0 aromatic heterocycles. The molecule has 0 spiro atoms. The highest BCUT2D eigenvalue weighted by Crippen LogP contribution is 2.32. The van der Waals surface area contributed by atoms with Crippen LogP contribution in [0.4, 0.5) is 5.69 Å². The van der Waals surface area contributed by atoms with E-state index in [0.29, 0.717) is 6.54 Å². The quantitative estimate of drug-likeness (QED) is 0.890. The summed E-state index contributed by atoms with van der Waals surface area (Å²) >= 11 is 3.50. The number of halogens is 1. The first kappa shape index (κ1) is 14.8. The van der Waals surface area contributed by atoms with E-state index in [4.69, 9.17) is 0 Å². The molecule has 1 aliphatic rings.